The quantitative estimate of drug-likeness (QED) is 0.0447. The largest absolute Gasteiger partial charge is 0.490 e. The molecule has 0 saturated carbocycles. The normalized spacial score (nSPS) is 11.5. The van der Waals surface area contributed by atoms with E-state index in [1.54, 1.807) is 0 Å². The Morgan fingerprint density at radius 2 is 0.660 bits per heavy atom. The zero-order valence-corrected chi connectivity index (χ0v) is 35.6. The maximum absolute atomic E-state index is 6.47. The second-order valence-electron chi connectivity index (χ2n) is 15.3. The highest BCUT2D eigenvalue weighted by atomic mass is 32.5. The van der Waals surface area contributed by atoms with E-state index < -0.39 is 6.72 Å². The topological polar surface area (TPSA) is 27.7 Å². The van der Waals surface area contributed by atoms with Crippen LogP contribution in [0.25, 0.3) is 0 Å². The molecule has 0 aliphatic carbocycles. The van der Waals surface area contributed by atoms with E-state index in [0.717, 1.165) is 12.8 Å². The zero-order valence-electron chi connectivity index (χ0n) is 33.9. The van der Waals surface area contributed by atoms with Gasteiger partial charge in [-0.05, 0) is 73.2 Å². The number of benzene rings is 3. The van der Waals surface area contributed by atoms with Crippen molar-refractivity contribution < 1.29 is 13.6 Å². The van der Waals surface area contributed by atoms with Crippen LogP contribution >= 0.6 is 6.72 Å². The molecule has 0 N–H and O–H groups in total. The predicted octanol–water partition coefficient (Wildman–Crippen LogP) is 16.7. The van der Waals surface area contributed by atoms with Gasteiger partial charge in [-0.2, -0.15) is 0 Å². The molecule has 0 aliphatic rings. The highest BCUT2D eigenvalue weighted by Crippen LogP contribution is 2.50. The van der Waals surface area contributed by atoms with Crippen LogP contribution in [0.15, 0.2) is 78.9 Å². The molecular formula is C48H75O3PS. The van der Waals surface area contributed by atoms with Crippen molar-refractivity contribution in [1.29, 1.82) is 0 Å². The summed E-state index contributed by atoms with van der Waals surface area (Å²) in [6.07, 6.45) is 37.6. The van der Waals surface area contributed by atoms with Crippen LogP contribution in [0.2, 0.25) is 0 Å². The van der Waals surface area contributed by atoms with Gasteiger partial charge in [0.1, 0.15) is 17.2 Å². The summed E-state index contributed by atoms with van der Waals surface area (Å²) in [5, 5.41) is 0. The van der Waals surface area contributed by atoms with Crippen LogP contribution in [0.3, 0.4) is 0 Å². The van der Waals surface area contributed by atoms with Crippen LogP contribution in [-0.2, 0) is 24.6 Å². The Labute approximate surface area is 331 Å². The predicted molar refractivity (Wildman–Crippen MR) is 234 cm³/mol. The van der Waals surface area contributed by atoms with Crippen LogP contribution in [0.5, 0.6) is 17.2 Å². The number of aryl methyl sites for hydroxylation is 2. The molecule has 0 aliphatic heterocycles. The fraction of sp³-hybridized carbons (Fsp3) is 0.625. The maximum atomic E-state index is 6.47. The van der Waals surface area contributed by atoms with Crippen LogP contribution in [-0.4, -0.2) is 0 Å². The third-order valence-electron chi connectivity index (χ3n) is 10.3. The van der Waals surface area contributed by atoms with Crippen LogP contribution in [0.4, 0.5) is 0 Å². The summed E-state index contributed by atoms with van der Waals surface area (Å²) in [6.45, 7) is 1.37. The average molecular weight is 763 g/mol. The first-order valence-electron chi connectivity index (χ1n) is 22.0. The molecule has 0 bridgehead atoms. The summed E-state index contributed by atoms with van der Waals surface area (Å²) in [5.41, 5.74) is 2.54. The van der Waals surface area contributed by atoms with Gasteiger partial charge in [-0.15, -0.1) is 0 Å². The first-order chi connectivity index (χ1) is 26.1. The molecule has 0 amide bonds. The maximum Gasteiger partial charge on any atom is 0.490 e. The van der Waals surface area contributed by atoms with Crippen molar-refractivity contribution in [2.45, 2.75) is 194 Å². The summed E-state index contributed by atoms with van der Waals surface area (Å²) >= 11 is 6.07. The third kappa shape index (κ3) is 22.6. The van der Waals surface area contributed by atoms with Crippen molar-refractivity contribution in [2.24, 2.45) is 0 Å². The minimum Gasteiger partial charge on any atom is -0.407 e. The van der Waals surface area contributed by atoms with Crippen LogP contribution in [0.1, 0.15) is 192 Å². The van der Waals surface area contributed by atoms with Crippen LogP contribution < -0.4 is 13.6 Å². The third-order valence-corrected chi connectivity index (χ3v) is 12.3. The number of rotatable bonds is 34. The lowest BCUT2D eigenvalue weighted by Gasteiger charge is -2.23. The number of hydrogen-bond acceptors (Lipinski definition) is 4. The van der Waals surface area contributed by atoms with Crippen molar-refractivity contribution in [2.75, 3.05) is 0 Å². The minimum atomic E-state index is -3.21. The molecule has 0 aromatic heterocycles. The standard InChI is InChI=1S/C48H75O3PS/c1-3-5-7-9-11-13-15-17-19-21-23-25-28-34-44-36-32-40-47(42-44)50-52(53,49-46-38-30-27-31-39-46)51-48-41-33-37-45(43-48)35-29-26-24-22-20-18-16-14-12-10-8-6-4-2/h27,30-33,36-43H,3-26,28-29,34-35H2,1-2H3. The molecule has 0 unspecified atom stereocenters. The molecule has 0 atom stereocenters. The Kier molecular flexibility index (Phi) is 25.5. The highest BCUT2D eigenvalue weighted by Gasteiger charge is 2.27. The van der Waals surface area contributed by atoms with Gasteiger partial charge in [0.15, 0.2) is 0 Å². The van der Waals surface area contributed by atoms with Crippen LogP contribution in [0, 0.1) is 0 Å². The molecule has 3 rings (SSSR count). The second kappa shape index (κ2) is 30.0. The van der Waals surface area contributed by atoms with Gasteiger partial charge in [-0.1, -0.05) is 210 Å². The van der Waals surface area contributed by atoms with Gasteiger partial charge >= 0.3 is 6.72 Å². The Hall–Kier alpha value is -2.29. The molecule has 3 nitrogen and oxygen atoms in total. The van der Waals surface area contributed by atoms with Crippen molar-refractivity contribution >= 4 is 18.5 Å². The van der Waals surface area contributed by atoms with Crippen molar-refractivity contribution in [1.82, 2.24) is 0 Å². The molecule has 0 radical (unpaired) electrons. The Balaban J connectivity index is 1.40. The fourth-order valence-corrected chi connectivity index (χ4v) is 9.14. The Morgan fingerprint density at radius 3 is 1.02 bits per heavy atom. The van der Waals surface area contributed by atoms with E-state index in [-0.39, 0.29) is 0 Å². The van der Waals surface area contributed by atoms with Gasteiger partial charge in [-0.25, -0.2) is 0 Å². The summed E-state index contributed by atoms with van der Waals surface area (Å²) < 4.78 is 19.3. The SMILES string of the molecule is CCCCCCCCCCCCCCCc1cccc(OP(=S)(Oc2ccccc2)Oc2cccc(CCCCCCCCCCCCCCC)c2)c1. The lowest BCUT2D eigenvalue weighted by molar-refractivity contribution is 0.383. The molecule has 0 fully saturated rings. The van der Waals surface area contributed by atoms with Crippen molar-refractivity contribution in [3.8, 4) is 17.2 Å². The summed E-state index contributed by atoms with van der Waals surface area (Å²) in [5.74, 6) is 2.07. The van der Waals surface area contributed by atoms with E-state index in [4.69, 9.17) is 25.4 Å². The lowest BCUT2D eigenvalue weighted by Crippen LogP contribution is -2.07. The first-order valence-corrected chi connectivity index (χ1v) is 24.6. The first kappa shape index (κ1) is 45.1. The fourth-order valence-electron chi connectivity index (χ4n) is 7.13. The summed E-state index contributed by atoms with van der Waals surface area (Å²) in [4.78, 5) is 0. The number of para-hydroxylation sites is 1. The molecule has 0 spiro atoms. The monoisotopic (exact) mass is 763 g/mol. The molecule has 53 heavy (non-hydrogen) atoms. The Morgan fingerprint density at radius 1 is 0.358 bits per heavy atom. The second-order valence-corrected chi connectivity index (χ2v) is 18.1. The Bertz CT molecular complexity index is 1270. The molecule has 0 saturated heterocycles. The molecule has 3 aromatic carbocycles. The van der Waals surface area contributed by atoms with Gasteiger partial charge in [0, 0.05) is 11.8 Å². The van der Waals surface area contributed by atoms with E-state index in [1.807, 2.05) is 42.5 Å². The van der Waals surface area contributed by atoms with E-state index in [2.05, 4.69) is 50.2 Å². The average Bonchev–Trinajstić information content (AvgIpc) is 3.16. The summed E-state index contributed by atoms with van der Waals surface area (Å²) in [7, 11) is 0. The molecule has 296 valence electrons. The van der Waals surface area contributed by atoms with Gasteiger partial charge in [0.25, 0.3) is 0 Å². The number of unbranched alkanes of at least 4 members (excludes halogenated alkanes) is 24. The van der Waals surface area contributed by atoms with Gasteiger partial charge in [0.2, 0.25) is 0 Å². The summed E-state index contributed by atoms with van der Waals surface area (Å²) in [6, 6.07) is 26.3. The molecule has 3 aromatic rings. The highest BCUT2D eigenvalue weighted by molar-refractivity contribution is 8.08. The van der Waals surface area contributed by atoms with E-state index in [9.17, 15) is 0 Å². The van der Waals surface area contributed by atoms with Crippen molar-refractivity contribution in [3.63, 3.8) is 0 Å². The smallest absolute Gasteiger partial charge is 0.407 e. The molecule has 5 heteroatoms. The zero-order chi connectivity index (χ0) is 37.5. The van der Waals surface area contributed by atoms with Gasteiger partial charge in [-0.3, -0.25) is 0 Å². The number of hydrogen-bond donors (Lipinski definition) is 0. The molecule has 0 heterocycles. The minimum absolute atomic E-state index is 0.655. The van der Waals surface area contributed by atoms with Gasteiger partial charge in [0.05, 0.1) is 0 Å². The van der Waals surface area contributed by atoms with Gasteiger partial charge < -0.3 is 13.6 Å². The van der Waals surface area contributed by atoms with E-state index >= 15 is 0 Å². The van der Waals surface area contributed by atoms with E-state index in [0.29, 0.717) is 17.2 Å². The van der Waals surface area contributed by atoms with Crippen molar-refractivity contribution in [3.05, 3.63) is 90.0 Å². The van der Waals surface area contributed by atoms with E-state index in [1.165, 1.54) is 178 Å². The lowest BCUT2D eigenvalue weighted by atomic mass is 10.0. The molecular weight excluding hydrogens is 688 g/mol.